The van der Waals surface area contributed by atoms with E-state index in [1.165, 1.54) is 0 Å². The van der Waals surface area contributed by atoms with E-state index in [0.717, 1.165) is 21.0 Å². The lowest BCUT2D eigenvalue weighted by Crippen LogP contribution is -2.47. The summed E-state index contributed by atoms with van der Waals surface area (Å²) in [6, 6.07) is 0. The van der Waals surface area contributed by atoms with Crippen molar-refractivity contribution in [3.05, 3.63) is 0 Å². The Bertz CT molecular complexity index is 189. The molecule has 100 valence electrons. The van der Waals surface area contributed by atoms with E-state index in [9.17, 15) is 26.5 Å². The van der Waals surface area contributed by atoms with Crippen LogP contribution in [0.15, 0.2) is 0 Å². The van der Waals surface area contributed by atoms with E-state index in [2.05, 4.69) is 9.68 Å². The highest BCUT2D eigenvalue weighted by Crippen LogP contribution is 2.37. The van der Waals surface area contributed by atoms with E-state index in [-0.39, 0.29) is 6.92 Å². The van der Waals surface area contributed by atoms with Crippen molar-refractivity contribution in [1.82, 2.24) is 0 Å². The molecule has 0 radical (unpaired) electrons. The average molecular weight is 256 g/mol. The molecule has 0 aliphatic heterocycles. The minimum absolute atomic E-state index is 0.0152. The van der Waals surface area contributed by atoms with E-state index >= 15 is 0 Å². The molecule has 0 saturated heterocycles. The lowest BCUT2D eigenvalue weighted by Gasteiger charge is -2.30. The third-order valence-corrected chi connectivity index (χ3v) is 1.24. The van der Waals surface area contributed by atoms with Gasteiger partial charge < -0.3 is 4.74 Å². The summed E-state index contributed by atoms with van der Waals surface area (Å²) in [4.78, 5) is 2.75. The molecule has 0 spiro atoms. The summed E-state index contributed by atoms with van der Waals surface area (Å²) in [6.45, 7) is 0.680. The van der Waals surface area contributed by atoms with Crippen LogP contribution in [0, 0.1) is 0 Å². The van der Waals surface area contributed by atoms with Crippen LogP contribution in [-0.4, -0.2) is 31.4 Å². The van der Waals surface area contributed by atoms with Gasteiger partial charge in [-0.15, -0.1) is 0 Å². The molecule has 2 nitrogen and oxygen atoms in total. The largest absolute Gasteiger partial charge is 0.419 e. The van der Waals surface area contributed by atoms with Gasteiger partial charge in [0, 0.05) is 6.92 Å². The molecular formula is C8H14F6O2. The van der Waals surface area contributed by atoms with Gasteiger partial charge >= 0.3 is 12.0 Å². The van der Waals surface area contributed by atoms with Crippen LogP contribution in [0.5, 0.6) is 0 Å². The highest BCUT2D eigenvalue weighted by molar-refractivity contribution is 4.77. The van der Waals surface area contributed by atoms with Crippen molar-refractivity contribution in [2.45, 2.75) is 38.4 Å². The molecule has 0 bridgehead atoms. The zero-order valence-electron chi connectivity index (χ0n) is 9.29. The second-order valence-electron chi connectivity index (χ2n) is 3.55. The summed E-state index contributed by atoms with van der Waals surface area (Å²) < 4.78 is 74.7. The maximum absolute atomic E-state index is 12.5. The molecule has 0 aliphatic rings. The van der Waals surface area contributed by atoms with Gasteiger partial charge in [-0.1, -0.05) is 0 Å². The smallest absolute Gasteiger partial charge is 0.307 e. The molecular weight excluding hydrogens is 242 g/mol. The molecule has 0 aromatic heterocycles. The van der Waals surface area contributed by atoms with Crippen LogP contribution in [0.1, 0.15) is 20.8 Å². The number of rotatable bonds is 4. The van der Waals surface area contributed by atoms with Crippen LogP contribution in [0.2, 0.25) is 0 Å². The summed E-state index contributed by atoms with van der Waals surface area (Å²) in [7, 11) is 0.958. The monoisotopic (exact) mass is 256 g/mol. The third kappa shape index (κ3) is 6.89. The van der Waals surface area contributed by atoms with Gasteiger partial charge in [0.05, 0.1) is 12.7 Å². The van der Waals surface area contributed by atoms with Crippen LogP contribution in [0.3, 0.4) is 0 Å². The molecule has 0 aromatic carbocycles. The molecule has 16 heavy (non-hydrogen) atoms. The van der Waals surface area contributed by atoms with Crippen LogP contribution in [-0.2, 0) is 9.68 Å². The molecule has 8 heteroatoms. The average Bonchev–Trinajstić information content (AvgIpc) is 2.01. The zero-order valence-corrected chi connectivity index (χ0v) is 9.29. The van der Waals surface area contributed by atoms with Crippen molar-refractivity contribution in [2.24, 2.45) is 0 Å². The number of alkyl halides is 5. The van der Waals surface area contributed by atoms with Crippen LogP contribution in [0.25, 0.3) is 0 Å². The number of hydrogen-bond donors (Lipinski definition) is 0. The fourth-order valence-electron chi connectivity index (χ4n) is 0.464. The second kappa shape index (κ2) is 6.29. The first-order valence-electron chi connectivity index (χ1n) is 4.10. The molecule has 0 unspecified atom stereocenters. The second-order valence-corrected chi connectivity index (χ2v) is 3.55. The fourth-order valence-corrected chi connectivity index (χ4v) is 0.464. The highest BCUT2D eigenvalue weighted by Gasteiger charge is 2.56. The lowest BCUT2D eigenvalue weighted by atomic mass is 10.1. The Balaban J connectivity index is 0. The van der Waals surface area contributed by atoms with E-state index < -0.39 is 24.3 Å². The molecule has 0 N–H and O–H groups in total. The predicted molar refractivity (Wildman–Crippen MR) is 44.8 cm³/mol. The maximum atomic E-state index is 12.5. The van der Waals surface area contributed by atoms with Gasteiger partial charge in [0.2, 0.25) is 0 Å². The molecule has 0 aromatic rings. The third-order valence-electron chi connectivity index (χ3n) is 1.24. The lowest BCUT2D eigenvalue weighted by molar-refractivity contribution is -0.372. The first-order chi connectivity index (χ1) is 6.93. The fraction of sp³-hybridized carbons (Fsp3) is 1.00. The van der Waals surface area contributed by atoms with Crippen LogP contribution >= 0.6 is 0 Å². The van der Waals surface area contributed by atoms with Gasteiger partial charge in [0.15, 0.2) is 0 Å². The Labute approximate surface area is 89.4 Å². The van der Waals surface area contributed by atoms with Gasteiger partial charge in [0.25, 0.3) is 0 Å². The standard InChI is InChI=1S/C7H11F5O.CH3FO/c1-5(2,4-8)13-7(11,12)6(3,9)10;1-3-2/h4H2,1-3H3;1H3. The predicted octanol–water partition coefficient (Wildman–Crippen LogP) is 3.52. The SMILES string of the molecule is CC(C)(CF)OC(F)(F)C(C)(F)F.COF. The molecule has 0 fully saturated rings. The molecule has 0 aliphatic carbocycles. The van der Waals surface area contributed by atoms with Crippen molar-refractivity contribution in [2.75, 3.05) is 13.8 Å². The summed E-state index contributed by atoms with van der Waals surface area (Å²) in [6.07, 6.45) is -4.65. The first-order valence-corrected chi connectivity index (χ1v) is 4.10. The molecule has 0 heterocycles. The van der Waals surface area contributed by atoms with Crippen LogP contribution in [0.4, 0.5) is 26.5 Å². The van der Waals surface area contributed by atoms with E-state index in [0.29, 0.717) is 0 Å². The van der Waals surface area contributed by atoms with Crippen molar-refractivity contribution in [3.63, 3.8) is 0 Å². The molecule has 0 amide bonds. The number of halogens is 6. The van der Waals surface area contributed by atoms with Gasteiger partial charge in [-0.05, 0) is 18.4 Å². The van der Waals surface area contributed by atoms with Crippen molar-refractivity contribution >= 4 is 0 Å². The summed E-state index contributed by atoms with van der Waals surface area (Å²) >= 11 is 0. The Hall–Kier alpha value is -0.500. The zero-order chi connectivity index (χ0) is 13.6. The summed E-state index contributed by atoms with van der Waals surface area (Å²) in [5.74, 6) is -4.32. The summed E-state index contributed by atoms with van der Waals surface area (Å²) in [5, 5.41) is 0. The van der Waals surface area contributed by atoms with E-state index in [1.54, 1.807) is 0 Å². The van der Waals surface area contributed by atoms with Crippen molar-refractivity contribution in [3.8, 4) is 0 Å². The minimum Gasteiger partial charge on any atom is -0.307 e. The van der Waals surface area contributed by atoms with Crippen LogP contribution < -0.4 is 0 Å². The molecule has 0 rings (SSSR count). The van der Waals surface area contributed by atoms with E-state index in [1.807, 2.05) is 0 Å². The molecule has 0 saturated carbocycles. The van der Waals surface area contributed by atoms with Gasteiger partial charge in [0.1, 0.15) is 6.67 Å². The maximum Gasteiger partial charge on any atom is 0.419 e. The quantitative estimate of drug-likeness (QED) is 0.716. The topological polar surface area (TPSA) is 18.5 Å². The Morgan fingerprint density at radius 3 is 1.50 bits per heavy atom. The van der Waals surface area contributed by atoms with Gasteiger partial charge in [-0.2, -0.15) is 22.5 Å². The first kappa shape index (κ1) is 17.9. The number of ether oxygens (including phenoxy) is 1. The van der Waals surface area contributed by atoms with E-state index in [4.69, 9.17) is 0 Å². The minimum atomic E-state index is -4.65. The van der Waals surface area contributed by atoms with Gasteiger partial charge in [-0.25, -0.2) is 4.39 Å². The summed E-state index contributed by atoms with van der Waals surface area (Å²) in [5.41, 5.74) is -1.91. The Kier molecular flexibility index (Phi) is 7.03. The van der Waals surface area contributed by atoms with Gasteiger partial charge in [-0.3, -0.25) is 0 Å². The normalized spacial score (nSPS) is 13.1. The Morgan fingerprint density at radius 2 is 1.31 bits per heavy atom. The Morgan fingerprint density at radius 1 is 1.00 bits per heavy atom. The molecule has 0 atom stereocenters. The number of hydrogen-bond acceptors (Lipinski definition) is 2. The highest BCUT2D eigenvalue weighted by atomic mass is 19.3. The van der Waals surface area contributed by atoms with Crippen molar-refractivity contribution < 1.29 is 36.2 Å². The van der Waals surface area contributed by atoms with Crippen molar-refractivity contribution in [1.29, 1.82) is 0 Å².